The van der Waals surface area contributed by atoms with Gasteiger partial charge in [-0.25, -0.2) is 4.98 Å². The Hall–Kier alpha value is -4.61. The molecule has 12 nitrogen and oxygen atoms in total. The number of nitro groups is 1. The average molecular weight is 478 g/mol. The Morgan fingerprint density at radius 2 is 1.80 bits per heavy atom. The summed E-state index contributed by atoms with van der Waals surface area (Å²) in [6, 6.07) is 9.58. The first kappa shape index (κ1) is 23.5. The number of hydrazine groups is 1. The Morgan fingerprint density at radius 3 is 2.60 bits per heavy atom. The lowest BCUT2D eigenvalue weighted by Gasteiger charge is -2.11. The SMILES string of the molecule is O=C(CNC(=O)c1cccc([N+](=O)[O-])c1)NNC(=O)c1ccc2c(=O)n3c(nc2c1)CCCCC3. The van der Waals surface area contributed by atoms with Gasteiger partial charge in [0.1, 0.15) is 5.82 Å². The smallest absolute Gasteiger partial charge is 0.270 e. The molecule has 1 aliphatic heterocycles. The van der Waals surface area contributed by atoms with Crippen molar-refractivity contribution in [3.8, 4) is 0 Å². The van der Waals surface area contributed by atoms with Crippen LogP contribution in [-0.2, 0) is 17.8 Å². The van der Waals surface area contributed by atoms with Crippen molar-refractivity contribution in [3.63, 3.8) is 0 Å². The van der Waals surface area contributed by atoms with E-state index >= 15 is 0 Å². The molecular formula is C23H22N6O6. The lowest BCUT2D eigenvalue weighted by molar-refractivity contribution is -0.384. The number of carbonyl (C=O) groups excluding carboxylic acids is 3. The van der Waals surface area contributed by atoms with E-state index in [0.29, 0.717) is 29.7 Å². The van der Waals surface area contributed by atoms with Crippen molar-refractivity contribution >= 4 is 34.3 Å². The highest BCUT2D eigenvalue weighted by Crippen LogP contribution is 2.16. The highest BCUT2D eigenvalue weighted by molar-refractivity contribution is 5.99. The van der Waals surface area contributed by atoms with Crippen LogP contribution in [0.25, 0.3) is 10.9 Å². The van der Waals surface area contributed by atoms with E-state index < -0.39 is 29.2 Å². The number of hydrogen-bond donors (Lipinski definition) is 3. The molecule has 1 aromatic heterocycles. The fraction of sp³-hybridized carbons (Fsp3) is 0.261. The Bertz CT molecular complexity index is 1400. The number of non-ortho nitro benzene ring substituents is 1. The zero-order chi connectivity index (χ0) is 24.9. The summed E-state index contributed by atoms with van der Waals surface area (Å²) in [5.74, 6) is -1.31. The molecule has 3 amide bonds. The van der Waals surface area contributed by atoms with Crippen LogP contribution in [0, 0.1) is 10.1 Å². The normalized spacial score (nSPS) is 12.8. The van der Waals surface area contributed by atoms with Crippen molar-refractivity contribution in [1.82, 2.24) is 25.7 Å². The molecule has 0 spiro atoms. The van der Waals surface area contributed by atoms with E-state index in [2.05, 4.69) is 21.2 Å². The molecule has 0 bridgehead atoms. The summed E-state index contributed by atoms with van der Waals surface area (Å²) in [5.41, 5.74) is 4.68. The molecule has 2 heterocycles. The first-order chi connectivity index (χ1) is 16.8. The third kappa shape index (κ3) is 5.32. The standard InChI is InChI=1S/C23H22N6O6/c30-20(13-24-21(31)14-5-4-6-16(11-14)29(34)35)26-27-22(32)15-8-9-17-18(12-15)25-19-7-2-1-3-10-28(19)23(17)33/h4-6,8-9,11-12H,1-3,7,10,13H2,(H,24,31)(H,26,30)(H,27,32). The van der Waals surface area contributed by atoms with Gasteiger partial charge in [0.25, 0.3) is 29.0 Å². The second-order valence-electron chi connectivity index (χ2n) is 8.02. The van der Waals surface area contributed by atoms with Crippen LogP contribution in [0.5, 0.6) is 0 Å². The summed E-state index contributed by atoms with van der Waals surface area (Å²) in [6.45, 7) is 0.160. The van der Waals surface area contributed by atoms with Crippen LogP contribution in [0.1, 0.15) is 45.8 Å². The highest BCUT2D eigenvalue weighted by atomic mass is 16.6. The van der Waals surface area contributed by atoms with Crippen molar-refractivity contribution in [2.75, 3.05) is 6.54 Å². The minimum absolute atomic E-state index is 0.0218. The monoisotopic (exact) mass is 478 g/mol. The summed E-state index contributed by atoms with van der Waals surface area (Å²) in [4.78, 5) is 64.2. The molecule has 180 valence electrons. The lowest BCUT2D eigenvalue weighted by Crippen LogP contribution is -2.46. The van der Waals surface area contributed by atoms with Crippen LogP contribution in [0.4, 0.5) is 5.69 Å². The number of fused-ring (bicyclic) bond motifs is 2. The van der Waals surface area contributed by atoms with Gasteiger partial charge in [-0.2, -0.15) is 0 Å². The fourth-order valence-electron chi connectivity index (χ4n) is 3.83. The van der Waals surface area contributed by atoms with E-state index in [0.717, 1.165) is 25.3 Å². The van der Waals surface area contributed by atoms with E-state index in [-0.39, 0.29) is 22.4 Å². The van der Waals surface area contributed by atoms with Crippen molar-refractivity contribution in [1.29, 1.82) is 0 Å². The van der Waals surface area contributed by atoms with Crippen LogP contribution >= 0.6 is 0 Å². The molecule has 3 aromatic rings. The second kappa shape index (κ2) is 10.1. The number of carbonyl (C=O) groups is 3. The van der Waals surface area contributed by atoms with Crippen LogP contribution in [0.15, 0.2) is 47.3 Å². The topological polar surface area (TPSA) is 165 Å². The summed E-state index contributed by atoms with van der Waals surface area (Å²) >= 11 is 0. The van der Waals surface area contributed by atoms with Crippen molar-refractivity contribution < 1.29 is 19.3 Å². The zero-order valence-electron chi connectivity index (χ0n) is 18.6. The van der Waals surface area contributed by atoms with Gasteiger partial charge in [0, 0.05) is 36.2 Å². The molecule has 35 heavy (non-hydrogen) atoms. The van der Waals surface area contributed by atoms with Gasteiger partial charge in [0.2, 0.25) is 0 Å². The van der Waals surface area contributed by atoms with Crippen molar-refractivity contribution in [3.05, 3.63) is 79.9 Å². The Balaban J connectivity index is 1.36. The molecule has 3 N–H and O–H groups in total. The molecule has 0 unspecified atom stereocenters. The first-order valence-electron chi connectivity index (χ1n) is 11.0. The molecule has 1 aliphatic rings. The number of hydrogen-bond acceptors (Lipinski definition) is 7. The van der Waals surface area contributed by atoms with E-state index in [1.165, 1.54) is 30.3 Å². The van der Waals surface area contributed by atoms with E-state index in [9.17, 15) is 29.3 Å². The predicted octanol–water partition coefficient (Wildman–Crippen LogP) is 1.22. The van der Waals surface area contributed by atoms with Gasteiger partial charge in [-0.05, 0) is 37.1 Å². The van der Waals surface area contributed by atoms with E-state index in [4.69, 9.17) is 0 Å². The lowest BCUT2D eigenvalue weighted by atomic mass is 10.1. The number of amides is 3. The highest BCUT2D eigenvalue weighted by Gasteiger charge is 2.16. The summed E-state index contributed by atoms with van der Waals surface area (Å²) in [5, 5.41) is 13.6. The van der Waals surface area contributed by atoms with Crippen LogP contribution in [0.3, 0.4) is 0 Å². The zero-order valence-corrected chi connectivity index (χ0v) is 18.6. The number of aromatic nitrogens is 2. The molecule has 0 radical (unpaired) electrons. The minimum Gasteiger partial charge on any atom is -0.343 e. The number of aryl methyl sites for hydroxylation is 1. The second-order valence-corrected chi connectivity index (χ2v) is 8.02. The molecule has 0 saturated carbocycles. The maximum Gasteiger partial charge on any atom is 0.270 e. The van der Waals surface area contributed by atoms with E-state index in [1.54, 1.807) is 10.6 Å². The maximum absolute atomic E-state index is 12.8. The van der Waals surface area contributed by atoms with Gasteiger partial charge in [-0.1, -0.05) is 12.5 Å². The van der Waals surface area contributed by atoms with Gasteiger partial charge >= 0.3 is 0 Å². The number of benzene rings is 2. The molecular weight excluding hydrogens is 456 g/mol. The number of nitrogens with one attached hydrogen (secondary N) is 3. The molecule has 2 aromatic carbocycles. The van der Waals surface area contributed by atoms with Crippen molar-refractivity contribution in [2.45, 2.75) is 32.2 Å². The van der Waals surface area contributed by atoms with Crippen LogP contribution in [0.2, 0.25) is 0 Å². The minimum atomic E-state index is -0.709. The summed E-state index contributed by atoms with van der Waals surface area (Å²) in [6.07, 6.45) is 3.59. The maximum atomic E-state index is 12.8. The Morgan fingerprint density at radius 1 is 1.00 bits per heavy atom. The number of rotatable bonds is 5. The molecule has 0 atom stereocenters. The van der Waals surface area contributed by atoms with Gasteiger partial charge < -0.3 is 5.32 Å². The van der Waals surface area contributed by atoms with Gasteiger partial charge in [-0.15, -0.1) is 0 Å². The van der Waals surface area contributed by atoms with Crippen LogP contribution in [-0.4, -0.2) is 38.7 Å². The van der Waals surface area contributed by atoms with E-state index in [1.807, 2.05) is 0 Å². The molecule has 0 aliphatic carbocycles. The quantitative estimate of drug-likeness (QED) is 0.366. The number of nitro benzene ring substituents is 1. The van der Waals surface area contributed by atoms with Gasteiger partial charge in [0.05, 0.1) is 22.4 Å². The Kier molecular flexibility index (Phi) is 6.81. The van der Waals surface area contributed by atoms with Crippen LogP contribution < -0.4 is 21.7 Å². The Labute approximate surface area is 198 Å². The predicted molar refractivity (Wildman–Crippen MR) is 125 cm³/mol. The van der Waals surface area contributed by atoms with Gasteiger partial charge in [0.15, 0.2) is 0 Å². The third-order valence-corrected chi connectivity index (χ3v) is 5.62. The molecule has 0 saturated heterocycles. The average Bonchev–Trinajstić information content (AvgIpc) is 3.11. The third-order valence-electron chi connectivity index (χ3n) is 5.62. The first-order valence-corrected chi connectivity index (χ1v) is 11.0. The molecule has 0 fully saturated rings. The molecule has 4 rings (SSSR count). The molecule has 12 heteroatoms. The summed E-state index contributed by atoms with van der Waals surface area (Å²) < 4.78 is 1.69. The number of nitrogens with zero attached hydrogens (tertiary/aromatic N) is 3. The summed E-state index contributed by atoms with van der Waals surface area (Å²) in [7, 11) is 0. The van der Waals surface area contributed by atoms with Crippen molar-refractivity contribution in [2.24, 2.45) is 0 Å². The fourth-order valence-corrected chi connectivity index (χ4v) is 3.83. The largest absolute Gasteiger partial charge is 0.343 e. The van der Waals surface area contributed by atoms with Gasteiger partial charge in [-0.3, -0.25) is 44.7 Å².